The summed E-state index contributed by atoms with van der Waals surface area (Å²) in [6.07, 6.45) is 4.00. The molecule has 2 unspecified atom stereocenters. The zero-order valence-electron chi connectivity index (χ0n) is 36.6. The Balaban J connectivity index is 2.15. The number of rotatable bonds is 11. The Bertz CT molecular complexity index is 1390. The molecule has 2 atom stereocenters. The van der Waals surface area contributed by atoms with Crippen molar-refractivity contribution in [2.24, 2.45) is 11.8 Å². The van der Waals surface area contributed by atoms with Crippen LogP contribution >= 0.6 is 16.4 Å². The fraction of sp³-hybridized carbons (Fsp3) is 0.786. The van der Waals surface area contributed by atoms with Crippen LogP contribution in [0.25, 0.3) is 0 Å². The number of anilines is 1. The Morgan fingerprint density at radius 3 is 1.51 bits per heavy atom. The quantitative estimate of drug-likeness (QED) is 0.164. The van der Waals surface area contributed by atoms with Crippen molar-refractivity contribution in [3.8, 4) is 5.24 Å². The number of fused-ring (bicyclic) bond motifs is 2. The van der Waals surface area contributed by atoms with Crippen molar-refractivity contribution in [2.45, 2.75) is 204 Å². The molecule has 0 N–H and O–H groups in total. The second kappa shape index (κ2) is 16.0. The van der Waals surface area contributed by atoms with Gasteiger partial charge in [-0.15, -0.1) is 0 Å². The van der Waals surface area contributed by atoms with Crippen molar-refractivity contribution in [1.82, 2.24) is 18.0 Å². The third-order valence-corrected chi connectivity index (χ3v) is 26.1. The molecule has 9 heteroatoms. The molecule has 1 heterocycles. The van der Waals surface area contributed by atoms with E-state index in [2.05, 4.69) is 184 Å². The first-order valence-electron chi connectivity index (χ1n) is 20.3. The molecule has 3 aliphatic rings. The maximum Gasteiger partial charge on any atom is 0.210 e. The van der Waals surface area contributed by atoms with Gasteiger partial charge < -0.3 is 4.57 Å². The van der Waals surface area contributed by atoms with Crippen LogP contribution in [-0.2, 0) is 0 Å². The molecular weight excluding hydrogens is 693 g/mol. The van der Waals surface area contributed by atoms with Gasteiger partial charge in [0.2, 0.25) is 8.40 Å². The lowest BCUT2D eigenvalue weighted by Crippen LogP contribution is -2.77. The minimum Gasteiger partial charge on any atom is -0.310 e. The van der Waals surface area contributed by atoms with Gasteiger partial charge in [0.15, 0.2) is 0 Å². The molecule has 1 aliphatic heterocycles. The molecule has 0 spiro atoms. The van der Waals surface area contributed by atoms with E-state index in [1.165, 1.54) is 36.1 Å². The van der Waals surface area contributed by atoms with Crippen molar-refractivity contribution in [3.63, 3.8) is 0 Å². The lowest BCUT2D eigenvalue weighted by Gasteiger charge is -2.71. The summed E-state index contributed by atoms with van der Waals surface area (Å²) in [4.78, 5) is 0. The van der Waals surface area contributed by atoms with E-state index in [0.717, 1.165) is 0 Å². The minimum absolute atomic E-state index is 0.131. The molecule has 0 aromatic heterocycles. The predicted molar refractivity (Wildman–Crippen MR) is 233 cm³/mol. The van der Waals surface area contributed by atoms with Crippen molar-refractivity contribution < 1.29 is 0 Å². The van der Waals surface area contributed by atoms with E-state index in [9.17, 15) is 0 Å². The highest BCUT2D eigenvalue weighted by Crippen LogP contribution is 2.76. The highest BCUT2D eigenvalue weighted by Gasteiger charge is 2.65. The van der Waals surface area contributed by atoms with Crippen molar-refractivity contribution >= 4 is 39.7 Å². The number of hydrogen-bond donors (Lipinski definition) is 0. The predicted octanol–water partition coefficient (Wildman–Crippen LogP) is 12.7. The summed E-state index contributed by atoms with van der Waals surface area (Å²) in [7, 11) is -2.73. The van der Waals surface area contributed by atoms with Crippen LogP contribution in [0.15, 0.2) is 29.2 Å². The monoisotopic (exact) mass is 770 g/mol. The number of hydrogen-bond acceptors (Lipinski definition) is 5. The Morgan fingerprint density at radius 1 is 0.725 bits per heavy atom. The summed E-state index contributed by atoms with van der Waals surface area (Å²) in [6.45, 7) is 49.0. The van der Waals surface area contributed by atoms with Crippen LogP contribution < -0.4 is 4.57 Å². The summed E-state index contributed by atoms with van der Waals surface area (Å²) in [5.41, 5.74) is 6.46. The van der Waals surface area contributed by atoms with Crippen molar-refractivity contribution in [1.29, 1.82) is 0 Å². The maximum absolute atomic E-state index is 4.43. The Labute approximate surface area is 322 Å². The maximum atomic E-state index is 4.43. The molecule has 288 valence electrons. The Morgan fingerprint density at radius 2 is 1.14 bits per heavy atom. The van der Waals surface area contributed by atoms with Gasteiger partial charge in [0.1, 0.15) is 17.3 Å². The van der Waals surface area contributed by atoms with Gasteiger partial charge in [-0.25, -0.2) is 0 Å². The van der Waals surface area contributed by atoms with Gasteiger partial charge in [-0.05, 0) is 158 Å². The summed E-state index contributed by atoms with van der Waals surface area (Å²) < 4.78 is 14.6. The largest absolute Gasteiger partial charge is 0.310 e. The molecule has 1 saturated carbocycles. The molecule has 0 radical (unpaired) electrons. The van der Waals surface area contributed by atoms with E-state index in [1.54, 1.807) is 5.70 Å². The normalized spacial score (nSPS) is 22.0. The number of nitrogens with zero attached hydrogens (tertiary/aromatic N) is 5. The minimum atomic E-state index is -1.84. The van der Waals surface area contributed by atoms with Gasteiger partial charge in [0.05, 0.1) is 13.9 Å². The molecule has 5 nitrogen and oxygen atoms in total. The van der Waals surface area contributed by atoms with Gasteiger partial charge >= 0.3 is 0 Å². The van der Waals surface area contributed by atoms with E-state index in [4.69, 9.17) is 0 Å². The van der Waals surface area contributed by atoms with E-state index in [-0.39, 0.29) is 11.1 Å². The van der Waals surface area contributed by atoms with Crippen LogP contribution in [0.4, 0.5) is 5.69 Å². The van der Waals surface area contributed by atoms with Crippen LogP contribution in [0, 0.1) is 17.1 Å². The lowest BCUT2D eigenvalue weighted by atomic mass is 9.92. The second-order valence-electron chi connectivity index (χ2n) is 19.8. The molecule has 0 amide bonds. The van der Waals surface area contributed by atoms with Crippen LogP contribution in [0.5, 0.6) is 0 Å². The summed E-state index contributed by atoms with van der Waals surface area (Å²) in [5, 5.41) is 6.25. The van der Waals surface area contributed by atoms with Crippen LogP contribution in [0.3, 0.4) is 0 Å². The van der Waals surface area contributed by atoms with Crippen molar-refractivity contribution in [3.05, 3.63) is 40.3 Å². The highest BCUT2D eigenvalue weighted by molar-refractivity contribution is 7.66. The first-order chi connectivity index (χ1) is 23.3. The third-order valence-electron chi connectivity index (χ3n) is 11.0. The van der Waals surface area contributed by atoms with E-state index < -0.39 is 24.8 Å². The fourth-order valence-electron chi connectivity index (χ4n) is 9.89. The topological polar surface area (TPSA) is 16.2 Å². The molecule has 4 rings (SSSR count). The molecule has 2 fully saturated rings. The third kappa shape index (κ3) is 8.44. The molecule has 51 heavy (non-hydrogen) atoms. The van der Waals surface area contributed by atoms with E-state index in [1.807, 2.05) is 5.31 Å². The number of allylic oxidation sites excluding steroid dienone is 2. The second-order valence-corrected chi connectivity index (χ2v) is 29.4. The van der Waals surface area contributed by atoms with E-state index in [0.29, 0.717) is 57.0 Å². The SMILES string of the molecule is CC(C)c1cccc(C(C)C)c1N([Si]#CP(N(C(C)C)C(C)C)N(C(C)C)C(C)C)C1=C(P2N(C(C)(C)C)[Si](C)(C)N2C(C)(C)C)C2CCC1C2. The first kappa shape index (κ1) is 43.4. The van der Waals surface area contributed by atoms with Gasteiger partial charge in [-0.3, -0.25) is 18.0 Å². The summed E-state index contributed by atoms with van der Waals surface area (Å²) >= 11 is 0. The molecule has 1 aromatic carbocycles. The first-order valence-corrected chi connectivity index (χ1v) is 26.6. The van der Waals surface area contributed by atoms with Gasteiger partial charge in [-0.1, -0.05) is 51.1 Å². The average Bonchev–Trinajstić information content (AvgIpc) is 3.55. The highest BCUT2D eigenvalue weighted by atomic mass is 31.1. The van der Waals surface area contributed by atoms with Gasteiger partial charge in [0, 0.05) is 52.2 Å². The zero-order valence-corrected chi connectivity index (χ0v) is 40.4. The smallest absolute Gasteiger partial charge is 0.210 e. The number of benzene rings is 1. The average molecular weight is 770 g/mol. The Kier molecular flexibility index (Phi) is 13.6. The zero-order chi connectivity index (χ0) is 38.7. The van der Waals surface area contributed by atoms with Crippen molar-refractivity contribution in [2.75, 3.05) is 4.57 Å². The lowest BCUT2D eigenvalue weighted by molar-refractivity contribution is 0.240. The summed E-state index contributed by atoms with van der Waals surface area (Å²) in [5.74, 6) is 2.20. The molecule has 2 bridgehead atoms. The van der Waals surface area contributed by atoms with E-state index >= 15 is 0 Å². The molecule has 2 aliphatic carbocycles. The fourth-order valence-corrected chi connectivity index (χ4v) is 25.6. The molecule has 1 saturated heterocycles. The molecular formula is C42H77N5P2Si2. The number of para-hydroxylation sites is 1. The van der Waals surface area contributed by atoms with Crippen LogP contribution in [0.2, 0.25) is 13.1 Å². The van der Waals surface area contributed by atoms with Gasteiger partial charge in [-0.2, -0.15) is 0 Å². The standard InChI is InChI=1S/C42H77N5P2Si2/c1-28(2)36-22-21-23-37(29(3)4)39(36)45(50-27-48(43(30(5)6)31(7)8)44(32(9)10)33(11)12)38-34-24-25-35(26-34)40(38)49-46(41(13,14)15)51(19,20)47(49)42(16,17)18/h21-23,28-35H,24-26H2,1-20H3. The van der Waals surface area contributed by atoms with Crippen LogP contribution in [-0.4, -0.2) is 70.8 Å². The summed E-state index contributed by atoms with van der Waals surface area (Å²) in [6, 6.07) is 8.99. The molecule has 1 aromatic rings. The Hall–Kier alpha value is -0.326. The van der Waals surface area contributed by atoms with Crippen LogP contribution in [0.1, 0.15) is 167 Å². The van der Waals surface area contributed by atoms with Gasteiger partial charge in [0.25, 0.3) is 0 Å².